The third kappa shape index (κ3) is 2.11. The Morgan fingerprint density at radius 1 is 1.05 bits per heavy atom. The van der Waals surface area contributed by atoms with Crippen molar-refractivity contribution in [1.82, 2.24) is 0 Å². The smallest absolute Gasteiger partial charge is 0.193 e. The highest BCUT2D eigenvalue weighted by Crippen LogP contribution is 2.28. The lowest BCUT2D eigenvalue weighted by Crippen LogP contribution is -2.07. The normalized spacial score (nSPS) is 12.9. The van der Waals surface area contributed by atoms with Crippen LogP contribution in [0.3, 0.4) is 0 Å². The lowest BCUT2D eigenvalue weighted by Gasteiger charge is -2.11. The van der Waals surface area contributed by atoms with Crippen LogP contribution in [0.25, 0.3) is 0 Å². The van der Waals surface area contributed by atoms with Crippen molar-refractivity contribution in [2.45, 2.75) is 27.2 Å². The molecular formula is C18H18O2. The molecule has 3 rings (SSSR count). The lowest BCUT2D eigenvalue weighted by molar-refractivity contribution is 0.103. The summed E-state index contributed by atoms with van der Waals surface area (Å²) in [5.41, 5.74) is 6.00. The third-order valence-corrected chi connectivity index (χ3v) is 3.86. The number of benzene rings is 2. The van der Waals surface area contributed by atoms with E-state index in [4.69, 9.17) is 4.74 Å². The van der Waals surface area contributed by atoms with Crippen LogP contribution in [0.1, 0.15) is 38.2 Å². The molecule has 0 aliphatic carbocycles. The lowest BCUT2D eigenvalue weighted by atomic mass is 9.92. The van der Waals surface area contributed by atoms with Gasteiger partial charge in [0.2, 0.25) is 0 Å². The molecule has 0 saturated carbocycles. The molecule has 2 heteroatoms. The van der Waals surface area contributed by atoms with E-state index in [2.05, 4.69) is 19.1 Å². The number of aryl methyl sites for hydroxylation is 3. The Bertz CT molecular complexity index is 676. The summed E-state index contributed by atoms with van der Waals surface area (Å²) in [4.78, 5) is 12.8. The molecule has 0 atom stereocenters. The molecule has 0 unspecified atom stereocenters. The van der Waals surface area contributed by atoms with E-state index in [1.165, 1.54) is 5.56 Å². The maximum atomic E-state index is 12.8. The molecule has 102 valence electrons. The van der Waals surface area contributed by atoms with Gasteiger partial charge in [-0.15, -0.1) is 0 Å². The Morgan fingerprint density at radius 3 is 2.45 bits per heavy atom. The third-order valence-electron chi connectivity index (χ3n) is 3.86. The van der Waals surface area contributed by atoms with Crippen molar-refractivity contribution in [2.24, 2.45) is 0 Å². The summed E-state index contributed by atoms with van der Waals surface area (Å²) in [6.45, 7) is 6.78. The van der Waals surface area contributed by atoms with Gasteiger partial charge in [-0.25, -0.2) is 0 Å². The van der Waals surface area contributed by atoms with Crippen LogP contribution in [0.5, 0.6) is 5.75 Å². The summed E-state index contributed by atoms with van der Waals surface area (Å²) in [5, 5.41) is 0. The first-order valence-electron chi connectivity index (χ1n) is 6.94. The summed E-state index contributed by atoms with van der Waals surface area (Å²) in [5.74, 6) is 1.02. The van der Waals surface area contributed by atoms with Gasteiger partial charge >= 0.3 is 0 Å². The minimum Gasteiger partial charge on any atom is -0.493 e. The summed E-state index contributed by atoms with van der Waals surface area (Å²) >= 11 is 0. The number of hydrogen-bond acceptors (Lipinski definition) is 2. The van der Waals surface area contributed by atoms with Gasteiger partial charge in [-0.1, -0.05) is 17.7 Å². The van der Waals surface area contributed by atoms with Crippen LogP contribution in [-0.4, -0.2) is 12.4 Å². The molecule has 0 aromatic heterocycles. The predicted molar refractivity (Wildman–Crippen MR) is 79.7 cm³/mol. The van der Waals surface area contributed by atoms with Crippen LogP contribution in [0.15, 0.2) is 30.3 Å². The van der Waals surface area contributed by atoms with Gasteiger partial charge in [0.1, 0.15) is 5.75 Å². The quantitative estimate of drug-likeness (QED) is 0.773. The van der Waals surface area contributed by atoms with Crippen LogP contribution >= 0.6 is 0 Å². The van der Waals surface area contributed by atoms with E-state index in [9.17, 15) is 4.79 Å². The fourth-order valence-electron chi connectivity index (χ4n) is 3.01. The van der Waals surface area contributed by atoms with E-state index in [0.717, 1.165) is 46.6 Å². The van der Waals surface area contributed by atoms with Gasteiger partial charge in [-0.2, -0.15) is 0 Å². The highest BCUT2D eigenvalue weighted by molar-refractivity contribution is 6.11. The molecule has 0 amide bonds. The summed E-state index contributed by atoms with van der Waals surface area (Å²) in [6, 6.07) is 9.89. The van der Waals surface area contributed by atoms with Gasteiger partial charge in [0.05, 0.1) is 6.61 Å². The van der Waals surface area contributed by atoms with E-state index in [-0.39, 0.29) is 5.78 Å². The van der Waals surface area contributed by atoms with Crippen LogP contribution in [-0.2, 0) is 6.42 Å². The van der Waals surface area contributed by atoms with Crippen molar-refractivity contribution >= 4 is 5.78 Å². The number of carbonyl (C=O) groups is 1. The molecule has 2 aromatic rings. The highest BCUT2D eigenvalue weighted by Gasteiger charge is 2.18. The molecule has 0 fully saturated rings. The second-order valence-electron chi connectivity index (χ2n) is 5.52. The van der Waals surface area contributed by atoms with Crippen LogP contribution in [0, 0.1) is 20.8 Å². The molecule has 0 saturated heterocycles. The summed E-state index contributed by atoms with van der Waals surface area (Å²) in [6.07, 6.45) is 0.891. The van der Waals surface area contributed by atoms with E-state index in [1.807, 2.05) is 32.0 Å². The van der Waals surface area contributed by atoms with Crippen molar-refractivity contribution in [3.8, 4) is 5.75 Å². The SMILES string of the molecule is Cc1cc(C)c(C(=O)c2ccc3c(c2)CCO3)c(C)c1. The van der Waals surface area contributed by atoms with Crippen molar-refractivity contribution < 1.29 is 9.53 Å². The Morgan fingerprint density at radius 2 is 1.75 bits per heavy atom. The fraction of sp³-hybridized carbons (Fsp3) is 0.278. The number of carbonyl (C=O) groups excluding carboxylic acids is 1. The van der Waals surface area contributed by atoms with Gasteiger partial charge in [-0.05, 0) is 55.7 Å². The van der Waals surface area contributed by atoms with Crippen molar-refractivity contribution in [1.29, 1.82) is 0 Å². The van der Waals surface area contributed by atoms with Crippen molar-refractivity contribution in [3.63, 3.8) is 0 Å². The van der Waals surface area contributed by atoms with Crippen LogP contribution in [0.4, 0.5) is 0 Å². The maximum Gasteiger partial charge on any atom is 0.193 e. The van der Waals surface area contributed by atoms with E-state index >= 15 is 0 Å². The average Bonchev–Trinajstić information content (AvgIpc) is 2.84. The van der Waals surface area contributed by atoms with Gasteiger partial charge in [0, 0.05) is 17.5 Å². The number of ether oxygens (including phenoxy) is 1. The summed E-state index contributed by atoms with van der Waals surface area (Å²) in [7, 11) is 0. The van der Waals surface area contributed by atoms with Gasteiger partial charge in [0.25, 0.3) is 0 Å². The first-order valence-corrected chi connectivity index (χ1v) is 6.94. The van der Waals surface area contributed by atoms with Crippen LogP contribution in [0.2, 0.25) is 0 Å². The van der Waals surface area contributed by atoms with Gasteiger partial charge < -0.3 is 4.74 Å². The zero-order valence-corrected chi connectivity index (χ0v) is 12.1. The molecule has 2 aromatic carbocycles. The molecule has 1 heterocycles. The standard InChI is InChI=1S/C18H18O2/c1-11-8-12(2)17(13(3)9-11)18(19)15-4-5-16-14(10-15)6-7-20-16/h4-5,8-10H,6-7H2,1-3H3. The number of fused-ring (bicyclic) bond motifs is 1. The topological polar surface area (TPSA) is 26.3 Å². The predicted octanol–water partition coefficient (Wildman–Crippen LogP) is 3.78. The second kappa shape index (κ2) is 4.78. The van der Waals surface area contributed by atoms with Gasteiger partial charge in [-0.3, -0.25) is 4.79 Å². The van der Waals surface area contributed by atoms with E-state index < -0.39 is 0 Å². The molecule has 0 spiro atoms. The molecular weight excluding hydrogens is 248 g/mol. The Kier molecular flexibility index (Phi) is 3.09. The zero-order valence-electron chi connectivity index (χ0n) is 12.1. The molecule has 1 aliphatic rings. The minimum atomic E-state index is 0.106. The van der Waals surface area contributed by atoms with E-state index in [0.29, 0.717) is 0 Å². The van der Waals surface area contributed by atoms with Crippen LogP contribution < -0.4 is 4.74 Å². The molecule has 0 N–H and O–H groups in total. The van der Waals surface area contributed by atoms with Crippen molar-refractivity contribution in [3.05, 3.63) is 63.7 Å². The molecule has 2 nitrogen and oxygen atoms in total. The zero-order chi connectivity index (χ0) is 14.3. The highest BCUT2D eigenvalue weighted by atomic mass is 16.5. The molecule has 1 aliphatic heterocycles. The fourth-order valence-corrected chi connectivity index (χ4v) is 3.01. The van der Waals surface area contributed by atoms with E-state index in [1.54, 1.807) is 0 Å². The molecule has 20 heavy (non-hydrogen) atoms. The maximum absolute atomic E-state index is 12.8. The van der Waals surface area contributed by atoms with Crippen molar-refractivity contribution in [2.75, 3.05) is 6.61 Å². The Labute approximate surface area is 119 Å². The number of rotatable bonds is 2. The monoisotopic (exact) mass is 266 g/mol. The largest absolute Gasteiger partial charge is 0.493 e. The first kappa shape index (κ1) is 12.9. The molecule has 0 radical (unpaired) electrons. The number of hydrogen-bond donors (Lipinski definition) is 0. The average molecular weight is 266 g/mol. The Hall–Kier alpha value is -2.09. The second-order valence-corrected chi connectivity index (χ2v) is 5.52. The van der Waals surface area contributed by atoms with Gasteiger partial charge in [0.15, 0.2) is 5.78 Å². The number of ketones is 1. The minimum absolute atomic E-state index is 0.106. The Balaban J connectivity index is 2.05. The molecule has 0 bridgehead atoms. The summed E-state index contributed by atoms with van der Waals surface area (Å²) < 4.78 is 5.49. The first-order chi connectivity index (χ1) is 9.56.